The Morgan fingerprint density at radius 2 is 1.92 bits per heavy atom. The lowest BCUT2D eigenvalue weighted by atomic mass is 9.46. The number of carbonyl (C=O) groups excluding carboxylic acids is 2. The Hall–Kier alpha value is -1.47. The summed E-state index contributed by atoms with van der Waals surface area (Å²) in [4.78, 5) is 25.2. The molecular weight excluding hydrogens is 492 g/mol. The minimum absolute atomic E-state index is 0.0125. The second kappa shape index (κ2) is 9.37. The van der Waals surface area contributed by atoms with Crippen LogP contribution in [0.1, 0.15) is 59.3 Å². The van der Waals surface area contributed by atoms with Crippen LogP contribution in [0.15, 0.2) is 23.8 Å². The number of carbonyl (C=O) groups is 2. The van der Waals surface area contributed by atoms with Gasteiger partial charge in [-0.15, -0.1) is 0 Å². The van der Waals surface area contributed by atoms with Crippen LogP contribution in [0.25, 0.3) is 0 Å². The summed E-state index contributed by atoms with van der Waals surface area (Å²) in [5.41, 5.74) is -1.05. The van der Waals surface area contributed by atoms with Crippen molar-refractivity contribution in [1.82, 2.24) is 0 Å². The van der Waals surface area contributed by atoms with E-state index >= 15 is 0 Å². The van der Waals surface area contributed by atoms with Gasteiger partial charge in [-0.2, -0.15) is 8.42 Å². The van der Waals surface area contributed by atoms with Gasteiger partial charge in [-0.1, -0.05) is 38.8 Å². The van der Waals surface area contributed by atoms with Crippen molar-refractivity contribution in [1.29, 1.82) is 0 Å². The van der Waals surface area contributed by atoms with E-state index in [0.717, 1.165) is 24.8 Å². The highest BCUT2D eigenvalue weighted by atomic mass is 32.3. The predicted molar refractivity (Wildman–Crippen MR) is 127 cm³/mol. The normalized spacial score (nSPS) is 45.0. The van der Waals surface area contributed by atoms with Gasteiger partial charge in [-0.3, -0.25) is 18.7 Å². The molecule has 4 N–H and O–H groups in total. The van der Waals surface area contributed by atoms with Crippen molar-refractivity contribution in [2.45, 2.75) is 83.4 Å². The minimum Gasteiger partial charge on any atom is -0.393 e. The van der Waals surface area contributed by atoms with Gasteiger partial charge in [0.05, 0.1) is 12.2 Å². The molecule has 0 aromatic carbocycles. The zero-order valence-corrected chi connectivity index (χ0v) is 21.6. The Balaban J connectivity index is 0.000000556. The van der Waals surface area contributed by atoms with Crippen molar-refractivity contribution in [3.05, 3.63) is 23.8 Å². The highest BCUT2D eigenvalue weighted by molar-refractivity contribution is 7.79. The molecule has 1 heterocycles. The average molecular weight is 529 g/mol. The molecule has 5 aliphatic rings. The SMILES string of the molecule is CCCC1O[C@@H]2C[C@H]3[C@@H]4CCC5=CC(=O)C=C[C@]5(C)[C@H]4[C@@H](O)C[C@]3(C)[C@]2(C(=O)CO)O1.O=S(=O)(O)O. The summed E-state index contributed by atoms with van der Waals surface area (Å²) in [6.07, 6.45) is 8.31. The van der Waals surface area contributed by atoms with Gasteiger partial charge < -0.3 is 19.7 Å². The van der Waals surface area contributed by atoms with Crippen LogP contribution in [0.3, 0.4) is 0 Å². The molecule has 3 saturated carbocycles. The van der Waals surface area contributed by atoms with Gasteiger partial charge in [0.15, 0.2) is 23.5 Å². The van der Waals surface area contributed by atoms with Crippen molar-refractivity contribution in [2.75, 3.05) is 6.61 Å². The molecule has 1 saturated heterocycles. The largest absolute Gasteiger partial charge is 0.394 e. The summed E-state index contributed by atoms with van der Waals surface area (Å²) in [7, 11) is -4.67. The Morgan fingerprint density at radius 3 is 2.53 bits per heavy atom. The average Bonchev–Trinajstić information content (AvgIpc) is 3.24. The molecule has 0 aromatic heterocycles. The number of ketones is 2. The summed E-state index contributed by atoms with van der Waals surface area (Å²) in [5.74, 6) is 0.0274. The Labute approximate surface area is 211 Å². The van der Waals surface area contributed by atoms with Crippen LogP contribution >= 0.6 is 0 Å². The zero-order valence-electron chi connectivity index (χ0n) is 20.8. The fraction of sp³-hybridized carbons (Fsp3) is 0.760. The fourth-order valence-electron chi connectivity index (χ4n) is 8.12. The number of Topliss-reactive ketones (excluding diaryl/α,β-unsaturated/α-hetero) is 1. The van der Waals surface area contributed by atoms with Crippen LogP contribution in [0.2, 0.25) is 0 Å². The zero-order chi connectivity index (χ0) is 26.7. The number of rotatable bonds is 4. The van der Waals surface area contributed by atoms with Crippen molar-refractivity contribution in [2.24, 2.45) is 28.6 Å². The third-order valence-corrected chi connectivity index (χ3v) is 9.37. The van der Waals surface area contributed by atoms with E-state index in [1.807, 2.05) is 6.08 Å². The molecular formula is C25H36O10S. The topological polar surface area (TPSA) is 168 Å². The maximum atomic E-state index is 13.2. The van der Waals surface area contributed by atoms with Gasteiger partial charge in [-0.05, 0) is 56.1 Å². The van der Waals surface area contributed by atoms with Gasteiger partial charge in [0.1, 0.15) is 6.61 Å². The second-order valence-corrected chi connectivity index (χ2v) is 12.1. The number of ether oxygens (including phenoxy) is 2. The summed E-state index contributed by atoms with van der Waals surface area (Å²) in [6.45, 7) is 5.67. The molecule has 0 aromatic rings. The minimum atomic E-state index is -4.67. The Morgan fingerprint density at radius 1 is 1.25 bits per heavy atom. The molecule has 0 radical (unpaired) electrons. The third-order valence-electron chi connectivity index (χ3n) is 9.37. The monoisotopic (exact) mass is 528 g/mol. The van der Waals surface area contributed by atoms with Crippen molar-refractivity contribution in [3.63, 3.8) is 0 Å². The van der Waals surface area contributed by atoms with Crippen LogP contribution in [-0.4, -0.2) is 70.0 Å². The maximum Gasteiger partial charge on any atom is 0.394 e. The molecule has 10 nitrogen and oxygen atoms in total. The van der Waals surface area contributed by atoms with Gasteiger partial charge in [0.25, 0.3) is 0 Å². The number of fused-ring (bicyclic) bond motifs is 7. The standard InChI is InChI=1S/C25H34O6.H2O4S/c1-4-5-21-30-20-11-17-16-7-6-14-10-15(27)8-9-23(14,2)22(16)18(28)12-24(17,3)25(20,31-21)19(29)13-26;1-5(2,3)4/h8-10,16-18,20-22,26,28H,4-7,11-13H2,1-3H3;(H2,1,2,3,4)/t16-,17-,18-,20+,21?,22+,23-,24-,25+;/m0./s1. The number of allylic oxidation sites excluding steroid dienone is 4. The lowest BCUT2D eigenvalue weighted by Gasteiger charge is -2.59. The van der Waals surface area contributed by atoms with Gasteiger partial charge >= 0.3 is 10.4 Å². The first kappa shape index (κ1) is 27.6. The Bertz CT molecular complexity index is 1070. The van der Waals surface area contributed by atoms with E-state index in [9.17, 15) is 19.8 Å². The van der Waals surface area contributed by atoms with E-state index in [1.54, 1.807) is 12.2 Å². The van der Waals surface area contributed by atoms with Crippen LogP contribution in [0.4, 0.5) is 0 Å². The predicted octanol–water partition coefficient (Wildman–Crippen LogP) is 2.06. The molecule has 9 atom stereocenters. The number of hydrogen-bond donors (Lipinski definition) is 4. The number of aliphatic hydroxyl groups is 2. The van der Waals surface area contributed by atoms with Crippen LogP contribution in [0.5, 0.6) is 0 Å². The quantitative estimate of drug-likeness (QED) is 0.396. The van der Waals surface area contributed by atoms with Crippen LogP contribution in [-0.2, 0) is 29.5 Å². The fourth-order valence-corrected chi connectivity index (χ4v) is 8.12. The van der Waals surface area contributed by atoms with E-state index in [-0.39, 0.29) is 34.7 Å². The first-order valence-electron chi connectivity index (χ1n) is 12.5. The first-order chi connectivity index (χ1) is 16.7. The molecule has 11 heteroatoms. The smallest absolute Gasteiger partial charge is 0.393 e. The van der Waals surface area contributed by atoms with Gasteiger partial charge in [0.2, 0.25) is 0 Å². The number of hydrogen-bond acceptors (Lipinski definition) is 8. The highest BCUT2D eigenvalue weighted by Gasteiger charge is 2.75. The third kappa shape index (κ3) is 4.22. The van der Waals surface area contributed by atoms with E-state index in [0.29, 0.717) is 19.3 Å². The molecule has 202 valence electrons. The van der Waals surface area contributed by atoms with E-state index in [2.05, 4.69) is 20.8 Å². The van der Waals surface area contributed by atoms with Crippen LogP contribution < -0.4 is 0 Å². The van der Waals surface area contributed by atoms with Gasteiger partial charge in [0, 0.05) is 16.7 Å². The van der Waals surface area contributed by atoms with E-state index in [4.69, 9.17) is 27.0 Å². The maximum absolute atomic E-state index is 13.2. The van der Waals surface area contributed by atoms with Crippen molar-refractivity contribution < 1.29 is 46.8 Å². The van der Waals surface area contributed by atoms with E-state index < -0.39 is 46.5 Å². The highest BCUT2D eigenvalue weighted by Crippen LogP contribution is 2.69. The van der Waals surface area contributed by atoms with Crippen LogP contribution in [0, 0.1) is 28.6 Å². The molecule has 4 fully saturated rings. The molecule has 4 aliphatic carbocycles. The van der Waals surface area contributed by atoms with Crippen molar-refractivity contribution in [3.8, 4) is 0 Å². The summed E-state index contributed by atoms with van der Waals surface area (Å²) in [5, 5.41) is 21.4. The van der Waals surface area contributed by atoms with E-state index in [1.165, 1.54) is 0 Å². The lowest BCUT2D eigenvalue weighted by Crippen LogP contribution is -2.63. The lowest BCUT2D eigenvalue weighted by molar-refractivity contribution is -0.200. The molecule has 0 spiro atoms. The summed E-state index contributed by atoms with van der Waals surface area (Å²) >= 11 is 0. The van der Waals surface area contributed by atoms with Gasteiger partial charge in [-0.25, -0.2) is 0 Å². The molecule has 0 amide bonds. The second-order valence-electron chi connectivity index (χ2n) is 11.2. The molecule has 0 bridgehead atoms. The number of aliphatic hydroxyl groups excluding tert-OH is 2. The summed E-state index contributed by atoms with van der Waals surface area (Å²) in [6, 6.07) is 0. The molecule has 1 aliphatic heterocycles. The molecule has 5 rings (SSSR count). The molecule has 1 unspecified atom stereocenters. The Kier molecular flexibility index (Phi) is 7.18. The summed E-state index contributed by atoms with van der Waals surface area (Å²) < 4.78 is 44.2. The van der Waals surface area contributed by atoms with Crippen molar-refractivity contribution >= 4 is 22.0 Å². The molecule has 36 heavy (non-hydrogen) atoms. The first-order valence-corrected chi connectivity index (χ1v) is 13.9.